The number of anilines is 1. The largest absolute Gasteiger partial charge is 0.312 e. The molecule has 17 heavy (non-hydrogen) atoms. The Hall–Kier alpha value is -1.53. The van der Waals surface area contributed by atoms with Crippen molar-refractivity contribution in [3.63, 3.8) is 0 Å². The second-order valence-electron chi connectivity index (χ2n) is 4.87. The van der Waals surface area contributed by atoms with Gasteiger partial charge < -0.3 is 4.90 Å². The maximum atomic E-state index is 12.1. The summed E-state index contributed by atoms with van der Waals surface area (Å²) in [6, 6.07) is 7.10. The van der Waals surface area contributed by atoms with Crippen molar-refractivity contribution < 1.29 is 4.79 Å². The number of rotatable bonds is 1. The first-order chi connectivity index (χ1) is 7.95. The maximum absolute atomic E-state index is 12.1. The van der Waals surface area contributed by atoms with E-state index in [1.807, 2.05) is 19.9 Å². The molecule has 0 saturated carbocycles. The van der Waals surface area contributed by atoms with E-state index in [1.54, 1.807) is 23.1 Å². The van der Waals surface area contributed by atoms with Crippen LogP contribution in [0.3, 0.4) is 0 Å². The molecule has 0 aromatic heterocycles. The standard InChI is InChI=1S/C13H13ClN2O/c1-13(2)5-6-16(12(13)17)10-4-3-9(8-15)11(14)7-10/h3-4,7H,5-6H2,1-2H3. The average molecular weight is 249 g/mol. The summed E-state index contributed by atoms with van der Waals surface area (Å²) in [5, 5.41) is 9.19. The van der Waals surface area contributed by atoms with E-state index in [4.69, 9.17) is 16.9 Å². The highest BCUT2D eigenvalue weighted by atomic mass is 35.5. The summed E-state index contributed by atoms with van der Waals surface area (Å²) in [5.41, 5.74) is 0.895. The minimum absolute atomic E-state index is 0.110. The van der Waals surface area contributed by atoms with Gasteiger partial charge in [0.2, 0.25) is 5.91 Å². The third-order valence-electron chi connectivity index (χ3n) is 3.17. The second kappa shape index (κ2) is 4.05. The molecule has 0 aliphatic carbocycles. The fraction of sp³-hybridized carbons (Fsp3) is 0.385. The van der Waals surface area contributed by atoms with E-state index in [-0.39, 0.29) is 11.3 Å². The van der Waals surface area contributed by atoms with Crippen LogP contribution < -0.4 is 4.90 Å². The van der Waals surface area contributed by atoms with Crippen LogP contribution in [0.25, 0.3) is 0 Å². The fourth-order valence-electron chi connectivity index (χ4n) is 1.97. The molecule has 1 aromatic rings. The first kappa shape index (κ1) is 11.9. The zero-order valence-electron chi connectivity index (χ0n) is 9.83. The zero-order chi connectivity index (χ0) is 12.6. The zero-order valence-corrected chi connectivity index (χ0v) is 10.6. The molecule has 88 valence electrons. The van der Waals surface area contributed by atoms with Crippen LogP contribution in [0.4, 0.5) is 5.69 Å². The molecule has 0 atom stereocenters. The van der Waals surface area contributed by atoms with Crippen molar-refractivity contribution >= 4 is 23.2 Å². The first-order valence-corrected chi connectivity index (χ1v) is 5.85. The summed E-state index contributed by atoms with van der Waals surface area (Å²) in [4.78, 5) is 13.8. The van der Waals surface area contributed by atoms with Gasteiger partial charge in [-0.05, 0) is 24.6 Å². The summed E-state index contributed by atoms with van der Waals surface area (Å²) in [7, 11) is 0. The molecule has 1 heterocycles. The van der Waals surface area contributed by atoms with Crippen molar-refractivity contribution in [2.45, 2.75) is 20.3 Å². The normalized spacial score (nSPS) is 18.2. The molecule has 1 fully saturated rings. The topological polar surface area (TPSA) is 44.1 Å². The van der Waals surface area contributed by atoms with Crippen LogP contribution in [0.5, 0.6) is 0 Å². The summed E-state index contributed by atoms with van der Waals surface area (Å²) >= 11 is 5.97. The number of carbonyl (C=O) groups excluding carboxylic acids is 1. The van der Waals surface area contributed by atoms with Crippen molar-refractivity contribution in [1.82, 2.24) is 0 Å². The summed E-state index contributed by atoms with van der Waals surface area (Å²) < 4.78 is 0. The number of nitrogens with zero attached hydrogens (tertiary/aromatic N) is 2. The highest BCUT2D eigenvalue weighted by Gasteiger charge is 2.39. The Morgan fingerprint density at radius 3 is 2.65 bits per heavy atom. The predicted molar refractivity (Wildman–Crippen MR) is 66.9 cm³/mol. The Morgan fingerprint density at radius 2 is 2.18 bits per heavy atom. The number of hydrogen-bond donors (Lipinski definition) is 0. The third kappa shape index (κ3) is 2.01. The van der Waals surface area contributed by atoms with Gasteiger partial charge in [-0.25, -0.2) is 0 Å². The molecular weight excluding hydrogens is 236 g/mol. The van der Waals surface area contributed by atoms with Gasteiger partial charge in [0.25, 0.3) is 0 Å². The number of benzene rings is 1. The van der Waals surface area contributed by atoms with E-state index < -0.39 is 0 Å². The van der Waals surface area contributed by atoms with Crippen LogP contribution in [0.15, 0.2) is 18.2 Å². The highest BCUT2D eigenvalue weighted by Crippen LogP contribution is 2.35. The third-order valence-corrected chi connectivity index (χ3v) is 3.48. The summed E-state index contributed by atoms with van der Waals surface area (Å²) in [6.45, 7) is 4.59. The van der Waals surface area contributed by atoms with Gasteiger partial charge >= 0.3 is 0 Å². The second-order valence-corrected chi connectivity index (χ2v) is 5.27. The Kier molecular flexibility index (Phi) is 2.84. The molecule has 1 aliphatic rings. The van der Waals surface area contributed by atoms with Crippen LogP contribution in [0.2, 0.25) is 5.02 Å². The lowest BCUT2D eigenvalue weighted by Gasteiger charge is -2.19. The molecule has 0 bridgehead atoms. The van der Waals surface area contributed by atoms with E-state index in [9.17, 15) is 4.79 Å². The van der Waals surface area contributed by atoms with Crippen LogP contribution in [0.1, 0.15) is 25.8 Å². The summed E-state index contributed by atoms with van der Waals surface area (Å²) in [5.74, 6) is 0.110. The molecule has 1 amide bonds. The number of nitriles is 1. The Balaban J connectivity index is 2.35. The molecule has 1 aliphatic heterocycles. The van der Waals surface area contributed by atoms with E-state index in [1.165, 1.54) is 0 Å². The predicted octanol–water partition coefficient (Wildman–Crippen LogP) is 2.97. The molecule has 0 unspecified atom stereocenters. The van der Waals surface area contributed by atoms with E-state index >= 15 is 0 Å². The average Bonchev–Trinajstić information content (AvgIpc) is 2.54. The first-order valence-electron chi connectivity index (χ1n) is 5.47. The van der Waals surface area contributed by atoms with Gasteiger partial charge in [0.1, 0.15) is 6.07 Å². The van der Waals surface area contributed by atoms with Crippen molar-refractivity contribution in [2.24, 2.45) is 5.41 Å². The van der Waals surface area contributed by atoms with Crippen molar-refractivity contribution in [1.29, 1.82) is 5.26 Å². The molecular formula is C13H13ClN2O. The SMILES string of the molecule is CC1(C)CCN(c2ccc(C#N)c(Cl)c2)C1=O. The van der Waals surface area contributed by atoms with Gasteiger partial charge in [-0.2, -0.15) is 5.26 Å². The van der Waals surface area contributed by atoms with Gasteiger partial charge in [-0.15, -0.1) is 0 Å². The quantitative estimate of drug-likeness (QED) is 0.767. The number of carbonyl (C=O) groups is 1. The Bertz CT molecular complexity index is 517. The lowest BCUT2D eigenvalue weighted by molar-refractivity contribution is -0.123. The Morgan fingerprint density at radius 1 is 1.47 bits per heavy atom. The molecule has 0 spiro atoms. The molecule has 0 N–H and O–H groups in total. The lowest BCUT2D eigenvalue weighted by Crippen LogP contribution is -2.30. The number of halogens is 1. The molecule has 3 nitrogen and oxygen atoms in total. The molecule has 0 radical (unpaired) electrons. The van der Waals surface area contributed by atoms with Crippen molar-refractivity contribution in [2.75, 3.05) is 11.4 Å². The van der Waals surface area contributed by atoms with Crippen LogP contribution >= 0.6 is 11.6 Å². The van der Waals surface area contributed by atoms with Crippen molar-refractivity contribution in [3.05, 3.63) is 28.8 Å². The van der Waals surface area contributed by atoms with Crippen LogP contribution in [-0.4, -0.2) is 12.5 Å². The van der Waals surface area contributed by atoms with Gasteiger partial charge in [0, 0.05) is 17.6 Å². The number of amides is 1. The highest BCUT2D eigenvalue weighted by molar-refractivity contribution is 6.32. The van der Waals surface area contributed by atoms with E-state index in [0.29, 0.717) is 17.1 Å². The Labute approximate surface area is 106 Å². The maximum Gasteiger partial charge on any atom is 0.232 e. The van der Waals surface area contributed by atoms with Gasteiger partial charge in [-0.1, -0.05) is 25.4 Å². The molecule has 1 aromatic carbocycles. The van der Waals surface area contributed by atoms with E-state index in [2.05, 4.69) is 0 Å². The smallest absolute Gasteiger partial charge is 0.232 e. The van der Waals surface area contributed by atoms with Gasteiger partial charge in [0.05, 0.1) is 10.6 Å². The fourth-order valence-corrected chi connectivity index (χ4v) is 2.19. The van der Waals surface area contributed by atoms with Gasteiger partial charge in [0.15, 0.2) is 0 Å². The minimum Gasteiger partial charge on any atom is -0.312 e. The number of hydrogen-bond acceptors (Lipinski definition) is 2. The monoisotopic (exact) mass is 248 g/mol. The van der Waals surface area contributed by atoms with Crippen LogP contribution in [0, 0.1) is 16.7 Å². The summed E-state index contributed by atoms with van der Waals surface area (Å²) in [6.07, 6.45) is 0.837. The van der Waals surface area contributed by atoms with Crippen molar-refractivity contribution in [3.8, 4) is 6.07 Å². The minimum atomic E-state index is -0.305. The molecule has 4 heteroatoms. The van der Waals surface area contributed by atoms with Gasteiger partial charge in [-0.3, -0.25) is 4.79 Å². The lowest BCUT2D eigenvalue weighted by atomic mass is 9.92. The molecule has 1 saturated heterocycles. The van der Waals surface area contributed by atoms with E-state index in [0.717, 1.165) is 12.1 Å². The van der Waals surface area contributed by atoms with Crippen LogP contribution in [-0.2, 0) is 4.79 Å². The molecule has 2 rings (SSSR count).